The minimum atomic E-state index is -0.535. The standard InChI is InChI=1S/C19H13ClN2O6/c20-14-8-12(22(24)25)2-3-13(14)15-5-6-17(28-15)19(23)21-9-11-1-4-16-18(7-11)27-10-26-16/h1-8H,9-10H2,(H,21,23). The number of nitro groups is 1. The van der Waals surface area contributed by atoms with E-state index in [4.69, 9.17) is 25.5 Å². The molecule has 142 valence electrons. The van der Waals surface area contributed by atoms with Crippen molar-refractivity contribution < 1.29 is 23.6 Å². The van der Waals surface area contributed by atoms with Gasteiger partial charge in [0.25, 0.3) is 11.6 Å². The zero-order chi connectivity index (χ0) is 19.7. The Hall–Kier alpha value is -3.52. The number of nitrogens with zero attached hydrogens (tertiary/aromatic N) is 1. The molecule has 0 aliphatic carbocycles. The van der Waals surface area contributed by atoms with Crippen molar-refractivity contribution in [2.24, 2.45) is 0 Å². The first-order chi connectivity index (χ1) is 13.5. The van der Waals surface area contributed by atoms with Gasteiger partial charge in [0.2, 0.25) is 6.79 Å². The number of hydrogen-bond donors (Lipinski definition) is 1. The highest BCUT2D eigenvalue weighted by molar-refractivity contribution is 6.33. The second kappa shape index (κ2) is 7.24. The number of ether oxygens (including phenoxy) is 2. The fourth-order valence-electron chi connectivity index (χ4n) is 2.74. The molecule has 0 saturated carbocycles. The topological polar surface area (TPSA) is 104 Å². The first-order valence-electron chi connectivity index (χ1n) is 8.22. The zero-order valence-corrected chi connectivity index (χ0v) is 15.1. The number of fused-ring (bicyclic) bond motifs is 1. The van der Waals surface area contributed by atoms with Gasteiger partial charge in [-0.3, -0.25) is 14.9 Å². The van der Waals surface area contributed by atoms with Gasteiger partial charge in [0.05, 0.1) is 9.95 Å². The van der Waals surface area contributed by atoms with E-state index in [1.165, 1.54) is 24.3 Å². The highest BCUT2D eigenvalue weighted by atomic mass is 35.5. The van der Waals surface area contributed by atoms with E-state index in [0.717, 1.165) is 5.56 Å². The van der Waals surface area contributed by atoms with Crippen LogP contribution >= 0.6 is 11.6 Å². The van der Waals surface area contributed by atoms with Gasteiger partial charge >= 0.3 is 0 Å². The third kappa shape index (κ3) is 3.49. The van der Waals surface area contributed by atoms with Crippen molar-refractivity contribution in [3.05, 3.63) is 75.0 Å². The van der Waals surface area contributed by atoms with Crippen molar-refractivity contribution in [2.75, 3.05) is 6.79 Å². The molecule has 1 N–H and O–H groups in total. The van der Waals surface area contributed by atoms with Crippen LogP contribution in [0.25, 0.3) is 11.3 Å². The first-order valence-corrected chi connectivity index (χ1v) is 8.60. The van der Waals surface area contributed by atoms with Crippen molar-refractivity contribution in [2.45, 2.75) is 6.54 Å². The van der Waals surface area contributed by atoms with Crippen molar-refractivity contribution in [3.8, 4) is 22.8 Å². The summed E-state index contributed by atoms with van der Waals surface area (Å²) >= 11 is 6.10. The maximum absolute atomic E-state index is 12.3. The average Bonchev–Trinajstić information content (AvgIpc) is 3.35. The van der Waals surface area contributed by atoms with Crippen LogP contribution in [0.2, 0.25) is 5.02 Å². The summed E-state index contributed by atoms with van der Waals surface area (Å²) in [5, 5.41) is 13.7. The summed E-state index contributed by atoms with van der Waals surface area (Å²) in [6, 6.07) is 12.6. The molecule has 2 heterocycles. The molecule has 4 rings (SSSR count). The van der Waals surface area contributed by atoms with Gasteiger partial charge in [-0.05, 0) is 35.9 Å². The van der Waals surface area contributed by atoms with Gasteiger partial charge in [-0.15, -0.1) is 0 Å². The SMILES string of the molecule is O=C(NCc1ccc2c(c1)OCO2)c1ccc(-c2ccc([N+](=O)[O-])cc2Cl)o1. The molecule has 9 heteroatoms. The van der Waals surface area contributed by atoms with Crippen LogP contribution in [-0.2, 0) is 6.54 Å². The molecule has 0 fully saturated rings. The Morgan fingerprint density at radius 1 is 1.11 bits per heavy atom. The van der Waals surface area contributed by atoms with Crippen LogP contribution in [0.4, 0.5) is 5.69 Å². The largest absolute Gasteiger partial charge is 0.454 e. The molecular weight excluding hydrogens is 388 g/mol. The van der Waals surface area contributed by atoms with Gasteiger partial charge in [-0.1, -0.05) is 17.7 Å². The highest BCUT2D eigenvalue weighted by Crippen LogP contribution is 2.33. The van der Waals surface area contributed by atoms with E-state index in [-0.39, 0.29) is 29.8 Å². The van der Waals surface area contributed by atoms with Crippen LogP contribution in [0, 0.1) is 10.1 Å². The van der Waals surface area contributed by atoms with Crippen LogP contribution in [0.1, 0.15) is 16.1 Å². The van der Waals surface area contributed by atoms with E-state index >= 15 is 0 Å². The summed E-state index contributed by atoms with van der Waals surface area (Å²) in [5.41, 5.74) is 1.19. The number of carbonyl (C=O) groups excluding carboxylic acids is 1. The quantitative estimate of drug-likeness (QED) is 0.509. The molecule has 0 saturated heterocycles. The third-order valence-corrected chi connectivity index (χ3v) is 4.46. The molecule has 28 heavy (non-hydrogen) atoms. The number of nitro benzene ring substituents is 1. The molecule has 2 aromatic carbocycles. The van der Waals surface area contributed by atoms with Crippen molar-refractivity contribution in [1.82, 2.24) is 5.32 Å². The Labute approximate surface area is 163 Å². The molecule has 1 aliphatic rings. The van der Waals surface area contributed by atoms with Crippen molar-refractivity contribution in [3.63, 3.8) is 0 Å². The molecule has 8 nitrogen and oxygen atoms in total. The Balaban J connectivity index is 1.45. The van der Waals surface area contributed by atoms with Gasteiger partial charge in [-0.25, -0.2) is 0 Å². The monoisotopic (exact) mass is 400 g/mol. The second-order valence-electron chi connectivity index (χ2n) is 5.96. The summed E-state index contributed by atoms with van der Waals surface area (Å²) in [6.07, 6.45) is 0. The fraction of sp³-hybridized carbons (Fsp3) is 0.105. The fourth-order valence-corrected chi connectivity index (χ4v) is 3.01. The molecule has 0 atom stereocenters. The van der Waals surface area contributed by atoms with Gasteiger partial charge in [0.1, 0.15) is 5.76 Å². The van der Waals surface area contributed by atoms with E-state index in [9.17, 15) is 14.9 Å². The Bertz CT molecular complexity index is 1080. The van der Waals surface area contributed by atoms with Crippen molar-refractivity contribution >= 4 is 23.2 Å². The van der Waals surface area contributed by atoms with E-state index < -0.39 is 10.8 Å². The van der Waals surface area contributed by atoms with Crippen molar-refractivity contribution in [1.29, 1.82) is 0 Å². The second-order valence-corrected chi connectivity index (χ2v) is 6.36. The van der Waals surface area contributed by atoms with Gasteiger partial charge in [0, 0.05) is 24.2 Å². The van der Waals surface area contributed by atoms with Gasteiger partial charge in [-0.2, -0.15) is 0 Å². The molecule has 0 bridgehead atoms. The third-order valence-electron chi connectivity index (χ3n) is 4.15. The summed E-state index contributed by atoms with van der Waals surface area (Å²) < 4.78 is 16.1. The van der Waals surface area contributed by atoms with E-state index in [0.29, 0.717) is 22.8 Å². The van der Waals surface area contributed by atoms with Crippen LogP contribution in [0.5, 0.6) is 11.5 Å². The Kier molecular flexibility index (Phi) is 4.62. The predicted octanol–water partition coefficient (Wildman–Crippen LogP) is 4.17. The molecule has 0 radical (unpaired) electrons. The highest BCUT2D eigenvalue weighted by Gasteiger charge is 2.17. The lowest BCUT2D eigenvalue weighted by molar-refractivity contribution is -0.384. The zero-order valence-electron chi connectivity index (χ0n) is 14.3. The first kappa shape index (κ1) is 17.9. The van der Waals surface area contributed by atoms with E-state index in [2.05, 4.69) is 5.32 Å². The lowest BCUT2D eigenvalue weighted by Crippen LogP contribution is -2.22. The number of furan rings is 1. The minimum absolute atomic E-state index is 0.102. The maximum atomic E-state index is 12.3. The lowest BCUT2D eigenvalue weighted by atomic mass is 10.1. The van der Waals surface area contributed by atoms with Crippen LogP contribution in [0.15, 0.2) is 52.9 Å². The number of nitrogens with one attached hydrogen (secondary N) is 1. The smallest absolute Gasteiger partial charge is 0.287 e. The number of halogens is 1. The number of amides is 1. The number of hydrogen-bond acceptors (Lipinski definition) is 6. The van der Waals surface area contributed by atoms with Crippen LogP contribution in [-0.4, -0.2) is 17.6 Å². The van der Waals surface area contributed by atoms with E-state index in [1.54, 1.807) is 18.2 Å². The number of benzene rings is 2. The molecular formula is C19H13ClN2O6. The summed E-state index contributed by atoms with van der Waals surface area (Å²) in [5.74, 6) is 1.35. The van der Waals surface area contributed by atoms with Crippen LogP contribution < -0.4 is 14.8 Å². The number of rotatable bonds is 5. The molecule has 0 spiro atoms. The maximum Gasteiger partial charge on any atom is 0.287 e. The van der Waals surface area contributed by atoms with Crippen LogP contribution in [0.3, 0.4) is 0 Å². The molecule has 0 unspecified atom stereocenters. The Morgan fingerprint density at radius 2 is 1.93 bits per heavy atom. The summed E-state index contributed by atoms with van der Waals surface area (Å²) in [4.78, 5) is 22.6. The average molecular weight is 401 g/mol. The minimum Gasteiger partial charge on any atom is -0.454 e. The molecule has 3 aromatic rings. The molecule has 1 aliphatic heterocycles. The number of carbonyl (C=O) groups is 1. The Morgan fingerprint density at radius 3 is 2.71 bits per heavy atom. The van der Waals surface area contributed by atoms with E-state index in [1.807, 2.05) is 6.07 Å². The van der Waals surface area contributed by atoms with Gasteiger partial charge in [0.15, 0.2) is 17.3 Å². The number of non-ortho nitro benzene ring substituents is 1. The predicted molar refractivity (Wildman–Crippen MR) is 99.5 cm³/mol. The summed E-state index contributed by atoms with van der Waals surface area (Å²) in [6.45, 7) is 0.468. The summed E-state index contributed by atoms with van der Waals surface area (Å²) in [7, 11) is 0. The van der Waals surface area contributed by atoms with Gasteiger partial charge < -0.3 is 19.2 Å². The normalized spacial score (nSPS) is 12.0. The molecule has 1 amide bonds. The lowest BCUT2D eigenvalue weighted by Gasteiger charge is -2.05. The molecule has 1 aromatic heterocycles.